The van der Waals surface area contributed by atoms with Crippen LogP contribution >= 0.6 is 0 Å². The highest BCUT2D eigenvalue weighted by molar-refractivity contribution is 5.90. The predicted molar refractivity (Wildman–Crippen MR) is 102 cm³/mol. The Bertz CT molecular complexity index is 1010. The molecule has 1 aromatic carbocycles. The third kappa shape index (κ3) is 4.50. The van der Waals surface area contributed by atoms with E-state index in [9.17, 15) is 27.6 Å². The number of hydrogen-bond acceptors (Lipinski definition) is 4. The molecule has 0 radical (unpaired) electrons. The molecule has 1 aliphatic rings. The van der Waals surface area contributed by atoms with Crippen LogP contribution in [0.15, 0.2) is 16.9 Å². The lowest BCUT2D eigenvalue weighted by molar-refractivity contribution is -0.139. The monoisotopic (exact) mass is 428 g/mol. The predicted octanol–water partition coefficient (Wildman–Crippen LogP) is 1.40. The molecule has 8 nitrogen and oxygen atoms in total. The van der Waals surface area contributed by atoms with Gasteiger partial charge in [-0.3, -0.25) is 14.2 Å². The van der Waals surface area contributed by atoms with Gasteiger partial charge >= 0.3 is 11.9 Å². The number of aromatic amines is 1. The van der Waals surface area contributed by atoms with Gasteiger partial charge in [0.15, 0.2) is 0 Å². The molecule has 1 fully saturated rings. The topological polar surface area (TPSA) is 110 Å². The van der Waals surface area contributed by atoms with E-state index in [4.69, 9.17) is 10.5 Å². The van der Waals surface area contributed by atoms with Gasteiger partial charge in [0.25, 0.3) is 0 Å². The highest BCUT2D eigenvalue weighted by Gasteiger charge is 2.36. The van der Waals surface area contributed by atoms with Gasteiger partial charge in [-0.05, 0) is 37.5 Å². The molecule has 1 aliphatic heterocycles. The van der Waals surface area contributed by atoms with Crippen molar-refractivity contribution in [3.05, 3.63) is 33.7 Å². The van der Waals surface area contributed by atoms with Crippen LogP contribution in [0.5, 0.6) is 0 Å². The maximum absolute atomic E-state index is 13.7. The van der Waals surface area contributed by atoms with Crippen LogP contribution in [0, 0.1) is 0 Å². The van der Waals surface area contributed by atoms with Crippen molar-refractivity contribution in [2.45, 2.75) is 45.0 Å². The van der Waals surface area contributed by atoms with Crippen molar-refractivity contribution in [2.24, 2.45) is 5.73 Å². The second kappa shape index (κ2) is 8.50. The molecule has 0 bridgehead atoms. The van der Waals surface area contributed by atoms with Gasteiger partial charge in [0, 0.05) is 19.7 Å². The lowest BCUT2D eigenvalue weighted by atomic mass is 10.0. The minimum atomic E-state index is -4.72. The molecule has 2 aromatic rings. The minimum Gasteiger partial charge on any atom is -0.376 e. The van der Waals surface area contributed by atoms with Crippen LogP contribution < -0.4 is 11.4 Å². The molecule has 164 valence electrons. The van der Waals surface area contributed by atoms with Crippen molar-refractivity contribution in [3.8, 4) is 0 Å². The quantitative estimate of drug-likeness (QED) is 0.695. The lowest BCUT2D eigenvalue weighted by Crippen LogP contribution is -2.43. The van der Waals surface area contributed by atoms with Gasteiger partial charge in [-0.1, -0.05) is 0 Å². The molecule has 11 heteroatoms. The first kappa shape index (κ1) is 21.9. The number of primary amides is 1. The maximum atomic E-state index is 13.7. The molecule has 2 heterocycles. The Morgan fingerprint density at radius 1 is 1.37 bits per heavy atom. The van der Waals surface area contributed by atoms with Gasteiger partial charge in [0.1, 0.15) is 0 Å². The number of aromatic nitrogens is 2. The number of alkyl halides is 3. The standard InChI is InChI=1S/C19H23F3N4O4/c1-2-26-17-12(13(19(20,21)22)5-6-14(17)24-18(26)29)8-16(28)25(10-15(23)27)9-11-4-3-7-30-11/h5-6,11H,2-4,7-10H2,1H3,(H2,23,27)(H,24,29). The number of hydrogen-bond donors (Lipinski definition) is 2. The number of rotatable bonds is 7. The number of fused-ring (bicyclic) bond motifs is 1. The number of aryl methyl sites for hydroxylation is 1. The SMILES string of the molecule is CCn1c(=O)[nH]c2ccc(C(F)(F)F)c(CC(=O)N(CC(N)=O)CC3CCCO3)c21. The Morgan fingerprint density at radius 3 is 2.67 bits per heavy atom. The molecule has 0 aliphatic carbocycles. The second-order valence-electron chi connectivity index (χ2n) is 7.21. The number of H-pyrrole nitrogens is 1. The number of amides is 2. The largest absolute Gasteiger partial charge is 0.416 e. The fourth-order valence-electron chi connectivity index (χ4n) is 3.82. The van der Waals surface area contributed by atoms with Crippen LogP contribution in [0.4, 0.5) is 13.2 Å². The van der Waals surface area contributed by atoms with E-state index in [0.717, 1.165) is 22.0 Å². The van der Waals surface area contributed by atoms with Crippen molar-refractivity contribution in [3.63, 3.8) is 0 Å². The zero-order valence-electron chi connectivity index (χ0n) is 16.4. The minimum absolute atomic E-state index is 0.0295. The highest BCUT2D eigenvalue weighted by atomic mass is 19.4. The van der Waals surface area contributed by atoms with E-state index < -0.39 is 42.2 Å². The van der Waals surface area contributed by atoms with E-state index in [1.165, 1.54) is 6.07 Å². The fourth-order valence-corrected chi connectivity index (χ4v) is 3.82. The molecule has 3 rings (SSSR count). The first-order valence-electron chi connectivity index (χ1n) is 9.61. The molecule has 30 heavy (non-hydrogen) atoms. The average Bonchev–Trinajstić information content (AvgIpc) is 3.26. The second-order valence-corrected chi connectivity index (χ2v) is 7.21. The summed E-state index contributed by atoms with van der Waals surface area (Å²) < 4.78 is 47.7. The van der Waals surface area contributed by atoms with Crippen LogP contribution in [0.25, 0.3) is 11.0 Å². The van der Waals surface area contributed by atoms with E-state index in [1.54, 1.807) is 6.92 Å². The van der Waals surface area contributed by atoms with E-state index >= 15 is 0 Å². The molecule has 1 aromatic heterocycles. The van der Waals surface area contributed by atoms with Gasteiger partial charge in [-0.25, -0.2) is 4.79 Å². The summed E-state index contributed by atoms with van der Waals surface area (Å²) in [6, 6.07) is 2.02. The third-order valence-corrected chi connectivity index (χ3v) is 5.14. The first-order chi connectivity index (χ1) is 14.1. The number of nitrogens with one attached hydrogen (secondary N) is 1. The van der Waals surface area contributed by atoms with Gasteiger partial charge in [0.05, 0.1) is 35.7 Å². The fraction of sp³-hybridized carbons (Fsp3) is 0.526. The molecule has 0 saturated carbocycles. The van der Waals surface area contributed by atoms with Gasteiger partial charge < -0.3 is 20.4 Å². The normalized spacial score (nSPS) is 16.9. The van der Waals surface area contributed by atoms with E-state index in [-0.39, 0.29) is 35.8 Å². The third-order valence-electron chi connectivity index (χ3n) is 5.14. The molecule has 0 spiro atoms. The smallest absolute Gasteiger partial charge is 0.376 e. The van der Waals surface area contributed by atoms with Gasteiger partial charge in [-0.2, -0.15) is 13.2 Å². The van der Waals surface area contributed by atoms with Crippen LogP contribution in [0.3, 0.4) is 0 Å². The van der Waals surface area contributed by atoms with Crippen molar-refractivity contribution >= 4 is 22.8 Å². The maximum Gasteiger partial charge on any atom is 0.416 e. The van der Waals surface area contributed by atoms with E-state index in [0.29, 0.717) is 13.0 Å². The summed E-state index contributed by atoms with van der Waals surface area (Å²) in [6.45, 7) is 1.91. The van der Waals surface area contributed by atoms with Crippen molar-refractivity contribution in [1.82, 2.24) is 14.5 Å². The van der Waals surface area contributed by atoms with Crippen LogP contribution in [-0.4, -0.2) is 52.1 Å². The number of benzene rings is 1. The Hall–Kier alpha value is -2.82. The number of nitrogens with zero attached hydrogens (tertiary/aromatic N) is 2. The molecule has 3 N–H and O–H groups in total. The summed E-state index contributed by atoms with van der Waals surface area (Å²) in [5.41, 5.74) is 3.60. The summed E-state index contributed by atoms with van der Waals surface area (Å²) in [7, 11) is 0. The van der Waals surface area contributed by atoms with Crippen LogP contribution in [0.2, 0.25) is 0 Å². The number of nitrogens with two attached hydrogens (primary N) is 1. The number of carbonyl (C=O) groups is 2. The molecule has 2 amide bonds. The zero-order valence-corrected chi connectivity index (χ0v) is 16.4. The molecular formula is C19H23F3N4O4. The number of ether oxygens (including phenoxy) is 1. The summed E-state index contributed by atoms with van der Waals surface area (Å²) in [5.74, 6) is -1.47. The molecular weight excluding hydrogens is 405 g/mol. The number of halogens is 3. The number of imidazole rings is 1. The molecule has 1 atom stereocenters. The number of carbonyl (C=O) groups excluding carboxylic acids is 2. The highest BCUT2D eigenvalue weighted by Crippen LogP contribution is 2.35. The van der Waals surface area contributed by atoms with Crippen LogP contribution in [-0.2, 0) is 33.5 Å². The first-order valence-corrected chi connectivity index (χ1v) is 9.61. The lowest BCUT2D eigenvalue weighted by Gasteiger charge is -2.25. The molecule has 1 saturated heterocycles. The Labute approximate surface area is 169 Å². The summed E-state index contributed by atoms with van der Waals surface area (Å²) in [4.78, 5) is 40.2. The van der Waals surface area contributed by atoms with E-state index in [1.807, 2.05) is 0 Å². The summed E-state index contributed by atoms with van der Waals surface area (Å²) in [5, 5.41) is 0. The Morgan fingerprint density at radius 2 is 2.10 bits per heavy atom. The summed E-state index contributed by atoms with van der Waals surface area (Å²) in [6.07, 6.45) is -4.18. The Balaban J connectivity index is 2.03. The summed E-state index contributed by atoms with van der Waals surface area (Å²) >= 11 is 0. The molecule has 1 unspecified atom stereocenters. The van der Waals surface area contributed by atoms with Crippen molar-refractivity contribution in [2.75, 3.05) is 19.7 Å². The zero-order chi connectivity index (χ0) is 22.1. The van der Waals surface area contributed by atoms with Crippen LogP contribution in [0.1, 0.15) is 30.9 Å². The van der Waals surface area contributed by atoms with Gasteiger partial charge in [0.2, 0.25) is 11.8 Å². The Kier molecular flexibility index (Phi) is 6.20. The van der Waals surface area contributed by atoms with Crippen molar-refractivity contribution in [1.29, 1.82) is 0 Å². The van der Waals surface area contributed by atoms with Gasteiger partial charge in [-0.15, -0.1) is 0 Å². The average molecular weight is 428 g/mol. The van der Waals surface area contributed by atoms with E-state index in [2.05, 4.69) is 4.98 Å². The van der Waals surface area contributed by atoms with Crippen molar-refractivity contribution < 1.29 is 27.5 Å².